The molecule has 0 saturated heterocycles. The fourth-order valence-corrected chi connectivity index (χ4v) is 34.5. The van der Waals surface area contributed by atoms with Crippen molar-refractivity contribution in [2.24, 2.45) is 124 Å². The first kappa shape index (κ1) is 123. The number of esters is 8. The fraction of sp³-hybridized carbons (Fsp3) is 0.795. The second-order valence-corrected chi connectivity index (χ2v) is 52.3. The van der Waals surface area contributed by atoms with Crippen LogP contribution in [0.1, 0.15) is 425 Å². The van der Waals surface area contributed by atoms with Gasteiger partial charge in [0, 0.05) is 56.4 Å². The van der Waals surface area contributed by atoms with E-state index in [1.165, 1.54) is 250 Å². The summed E-state index contributed by atoms with van der Waals surface area (Å²) in [7, 11) is 0. The number of aromatic nitrogens is 1. The van der Waals surface area contributed by atoms with Gasteiger partial charge in [0.25, 0.3) is 0 Å². The normalized spacial score (nSPS) is 30.4. The lowest BCUT2D eigenvalue weighted by molar-refractivity contribution is -0.210. The average Bonchev–Trinajstić information content (AvgIpc) is 1.52. The lowest BCUT2D eigenvalue weighted by Gasteiger charge is -2.63. The first-order valence-electron chi connectivity index (χ1n) is 58.5. The zero-order chi connectivity index (χ0) is 107. The Morgan fingerprint density at radius 2 is 0.885 bits per heavy atom. The van der Waals surface area contributed by atoms with Crippen molar-refractivity contribution in [1.82, 2.24) is 4.98 Å². The van der Waals surface area contributed by atoms with E-state index in [1.54, 1.807) is 42.6 Å². The zero-order valence-electron chi connectivity index (χ0n) is 91.8. The van der Waals surface area contributed by atoms with Crippen molar-refractivity contribution in [2.75, 3.05) is 40.3 Å². The minimum atomic E-state index is -0.679. The van der Waals surface area contributed by atoms with Gasteiger partial charge in [0.05, 0.1) is 54.2 Å². The number of carbonyl (C=O) groups excluding carboxylic acids is 8. The molecule has 1 heterocycles. The van der Waals surface area contributed by atoms with Crippen LogP contribution in [0.5, 0.6) is 0 Å². The number of thiol groups is 8. The summed E-state index contributed by atoms with van der Waals surface area (Å²) in [5.74, 6) is 17.5. The van der Waals surface area contributed by atoms with Gasteiger partial charge in [0.15, 0.2) is 0 Å². The lowest BCUT2D eigenvalue weighted by Crippen LogP contribution is -2.59. The van der Waals surface area contributed by atoms with E-state index in [9.17, 15) is 38.4 Å². The maximum absolute atomic E-state index is 12.2. The molecule has 0 spiro atoms. The van der Waals surface area contributed by atoms with Crippen LogP contribution in [0.15, 0.2) is 77.8 Å². The van der Waals surface area contributed by atoms with E-state index in [2.05, 4.69) is 161 Å². The zero-order valence-corrected chi connectivity index (χ0v) is 99.7. The first-order valence-corrected chi connectivity index (χ1v) is 63.7. The highest BCUT2D eigenvalue weighted by molar-refractivity contribution is 7.81. The van der Waals surface area contributed by atoms with Gasteiger partial charge in [-0.3, -0.25) is 38.5 Å². The minimum Gasteiger partial charge on any atom is -0.459 e. The molecule has 0 radical (unpaired) electrons. The first-order chi connectivity index (χ1) is 71.0. The predicted octanol–water partition coefficient (Wildman–Crippen LogP) is 30.7. The summed E-state index contributed by atoms with van der Waals surface area (Å²) in [5, 5.41) is 0.659. The smallest absolute Gasteiger partial charge is 0.338 e. The van der Waals surface area contributed by atoms with Gasteiger partial charge in [-0.25, -0.2) is 4.79 Å². The Morgan fingerprint density at radius 1 is 0.412 bits per heavy atom. The van der Waals surface area contributed by atoms with Gasteiger partial charge < -0.3 is 37.9 Å². The lowest BCUT2D eigenvalue weighted by atomic mass is 9.44. The van der Waals surface area contributed by atoms with Crippen LogP contribution in [0.2, 0.25) is 5.02 Å². The Balaban J connectivity index is 0.000000150. The van der Waals surface area contributed by atoms with Crippen molar-refractivity contribution < 1.29 is 76.3 Å². The summed E-state index contributed by atoms with van der Waals surface area (Å²) in [5.41, 5.74) is 0.624. The standard InChI is InChI=1S/C18H32O2S.C17H28O2S.C16H24O2S.C16H28O2S.C15H13ClO2S.C15H24O2S.C14H24O2S.C11H15NO2S/c1-2-18(20-17(19)13-14-21,15-9-5-3-6-10-15)16-11-7-4-8-12-16;1-3-17(4-2,19-15(18)11-20)16-8-12-5-13(9-16)7-14(6-12)10-16;1-2-16(18-13(17)8-19)7-11-6-12(16)15-10-4-3-9(5-10)14(11)15;1-16(18-15(17)12-19,13-8-4-2-5-9-13)14-10-6-3-7-11-14;1-10(11-2-6-13(16)7-3-11)18-15(17)12-4-8-14(19)9-5-12;1-2-15(17-14(16)3-4-18)12-6-10-5-11(8-12)9-13(15)7-10;1-3-14(2,16-13(15)6-7-17)12-9-10-4-5-11(12)8-10;1-11(2,14-10(13)6-8-15)9-5-3-4-7-12-9/h15-16,21H,2-14H2,1H3;12-14,20H,3-11H2,1-2H3;9-12,14-15,19H,2-8H2,1H3;13-14,19H,2-12H2,1H3;2-10,19H,1H3;10-13,18H,2-9H2,1H3;10-12,17H,3-9H2,1-2H3;3-5,7,15H,6,8H2,1-2H3/t;;9?,10?,11?,12?,14?,15?,16-;;;;;/m..1...../s1. The summed E-state index contributed by atoms with van der Waals surface area (Å²) in [6.45, 7) is 23.0. The SMILES string of the molecule is CC(C)(OC(=O)CCS)c1ccccn1.CC(OC(=O)CS)(C1CCCCC1)C1CCCCC1.CC(OC(=O)c1ccc(S)cc1)c1ccc(Cl)cc1.CCC(C)(OC(=O)CCS)C1CC2CCC1C2.CCC(CC)(OC(=O)CS)C12CC3CC(CC(C3)C1)C2.CCC(OC(=O)CCS)(C1CCCCC1)C1CCCCC1.CCC1(OC(=O)CCS)C2CC3CC(C2)CC1C3.CC[C@@]1(OC(=O)CS)CC2CC1C1C3CCC(C3)C21. The van der Waals surface area contributed by atoms with Crippen LogP contribution in [0, 0.1) is 124 Å². The number of fused-ring (bicyclic) bond motifs is 11. The minimum absolute atomic E-state index is 0.0250. The van der Waals surface area contributed by atoms with Crippen LogP contribution < -0.4 is 0 Å². The molecule has 1 aromatic heterocycles. The van der Waals surface area contributed by atoms with E-state index in [1.807, 2.05) is 51.1 Å². The van der Waals surface area contributed by atoms with Crippen molar-refractivity contribution >= 4 is 160 Å². The van der Waals surface area contributed by atoms with E-state index in [0.29, 0.717) is 107 Å². The largest absolute Gasteiger partial charge is 0.459 e. The van der Waals surface area contributed by atoms with Crippen LogP contribution in [0.3, 0.4) is 0 Å². The Morgan fingerprint density at radius 3 is 1.33 bits per heavy atom. The van der Waals surface area contributed by atoms with Gasteiger partial charge in [-0.1, -0.05) is 155 Å². The molecule has 0 amide bonds. The van der Waals surface area contributed by atoms with Crippen LogP contribution in [-0.4, -0.2) is 127 Å². The number of nitrogens with zero attached hydrogens (tertiary/aromatic N) is 1. The molecule has 832 valence electrons. The van der Waals surface area contributed by atoms with E-state index >= 15 is 0 Å². The number of hydrogen-bond acceptors (Lipinski definition) is 25. The molecule has 0 N–H and O–H groups in total. The fourth-order valence-electron chi connectivity index (χ4n) is 33.3. The molecule has 11 unspecified atom stereocenters. The number of benzene rings is 2. The van der Waals surface area contributed by atoms with Crippen molar-refractivity contribution in [3.05, 3.63) is 94.8 Å². The van der Waals surface area contributed by atoms with Gasteiger partial charge in [0.1, 0.15) is 45.3 Å². The van der Waals surface area contributed by atoms with Crippen molar-refractivity contribution in [1.29, 1.82) is 0 Å². The number of rotatable bonds is 34. The molecule has 18 fully saturated rings. The molecule has 21 rings (SSSR count). The molecule has 18 aliphatic carbocycles. The second kappa shape index (κ2) is 57.8. The monoisotopic (exact) mass is 2210 g/mol. The highest BCUT2D eigenvalue weighted by atomic mass is 35.5. The van der Waals surface area contributed by atoms with Crippen LogP contribution >= 0.6 is 113 Å². The summed E-state index contributed by atoms with van der Waals surface area (Å²) in [4.78, 5) is 99.6. The molecule has 12 atom stereocenters. The van der Waals surface area contributed by atoms with Crippen LogP contribution in [0.25, 0.3) is 0 Å². The van der Waals surface area contributed by atoms with Crippen molar-refractivity contribution in [3.63, 3.8) is 0 Å². The van der Waals surface area contributed by atoms with Gasteiger partial charge >= 0.3 is 47.8 Å². The second-order valence-electron chi connectivity index (χ2n) is 48.6. The highest BCUT2D eigenvalue weighted by Crippen LogP contribution is 2.72. The number of pyridine rings is 1. The third kappa shape index (κ3) is 30.7. The Bertz CT molecular complexity index is 4530. The molecular weight excluding hydrogens is 2030 g/mol. The quantitative estimate of drug-likeness (QED) is 0.0120. The average molecular weight is 2220 g/mol. The Kier molecular flexibility index (Phi) is 48.0. The topological polar surface area (TPSA) is 223 Å². The van der Waals surface area contributed by atoms with E-state index in [0.717, 1.165) is 132 Å². The van der Waals surface area contributed by atoms with Crippen LogP contribution in [0.4, 0.5) is 0 Å². The van der Waals surface area contributed by atoms with Gasteiger partial charge in [-0.15, -0.1) is 12.6 Å². The predicted molar refractivity (Wildman–Crippen MR) is 621 cm³/mol. The van der Waals surface area contributed by atoms with E-state index in [-0.39, 0.29) is 110 Å². The molecule has 14 bridgehead atoms. The molecule has 2 aromatic carbocycles. The summed E-state index contributed by atoms with van der Waals surface area (Å²) >= 11 is 38.7. The van der Waals surface area contributed by atoms with Gasteiger partial charge in [-0.2, -0.15) is 88.4 Å². The number of carbonyl (C=O) groups is 8. The molecular formula is C122H188ClNO16S8. The maximum atomic E-state index is 12.2. The summed E-state index contributed by atoms with van der Waals surface area (Å²) in [6.07, 6.45) is 61.6. The Hall–Kier alpha value is -3.56. The molecule has 18 saturated carbocycles. The van der Waals surface area contributed by atoms with Crippen LogP contribution in [-0.2, 0) is 77.1 Å². The molecule has 18 aliphatic rings. The maximum Gasteiger partial charge on any atom is 0.338 e. The van der Waals surface area contributed by atoms with Gasteiger partial charge in [-0.05, 0) is 407 Å². The third-order valence-electron chi connectivity index (χ3n) is 39.9. The number of hydrogen-bond donors (Lipinski definition) is 8. The number of ether oxygens (including phenoxy) is 8. The van der Waals surface area contributed by atoms with Crippen molar-refractivity contribution in [2.45, 2.75) is 447 Å². The molecule has 17 nitrogen and oxygen atoms in total. The van der Waals surface area contributed by atoms with Gasteiger partial charge in [0.2, 0.25) is 0 Å². The van der Waals surface area contributed by atoms with E-state index in [4.69, 9.17) is 49.5 Å². The summed E-state index contributed by atoms with van der Waals surface area (Å²) < 4.78 is 46.7. The molecule has 3 aromatic rings. The molecule has 148 heavy (non-hydrogen) atoms. The Labute approximate surface area is 940 Å². The highest BCUT2D eigenvalue weighted by Gasteiger charge is 2.69. The van der Waals surface area contributed by atoms with Crippen molar-refractivity contribution in [3.8, 4) is 0 Å². The number of halogens is 1. The molecule has 26 heteroatoms. The van der Waals surface area contributed by atoms with E-state index < -0.39 is 5.60 Å². The third-order valence-corrected chi connectivity index (χ3v) is 42.1. The molecule has 0 aliphatic heterocycles. The summed E-state index contributed by atoms with van der Waals surface area (Å²) in [6, 6.07) is 19.7.